The Balaban J connectivity index is 1.87. The molecule has 2 heterocycles. The molecule has 118 valence electrons. The molecule has 0 aliphatic carbocycles. The van der Waals surface area contributed by atoms with E-state index in [-0.39, 0.29) is 5.91 Å². The van der Waals surface area contributed by atoms with E-state index in [1.807, 2.05) is 18.2 Å². The van der Waals surface area contributed by atoms with Crippen LogP contribution in [0.25, 0.3) is 0 Å². The number of nitrogens with one attached hydrogen (secondary N) is 1. The van der Waals surface area contributed by atoms with Crippen molar-refractivity contribution < 1.29 is 4.79 Å². The molecule has 1 aromatic heterocycles. The minimum absolute atomic E-state index is 0.165. The summed E-state index contributed by atoms with van der Waals surface area (Å²) in [6, 6.07) is 11.9. The van der Waals surface area contributed by atoms with E-state index < -0.39 is 0 Å². The van der Waals surface area contributed by atoms with E-state index in [2.05, 4.69) is 30.1 Å². The van der Waals surface area contributed by atoms with Crippen molar-refractivity contribution in [1.29, 1.82) is 5.26 Å². The Kier molecular flexibility index (Phi) is 4.46. The number of thiophene rings is 1. The van der Waals surface area contributed by atoms with E-state index in [1.165, 1.54) is 16.2 Å². The van der Waals surface area contributed by atoms with Crippen molar-refractivity contribution in [3.63, 3.8) is 0 Å². The molecule has 0 unspecified atom stereocenters. The van der Waals surface area contributed by atoms with Crippen LogP contribution in [-0.2, 0) is 13.0 Å². The van der Waals surface area contributed by atoms with Crippen molar-refractivity contribution in [3.8, 4) is 6.07 Å². The molecule has 0 spiro atoms. The Bertz CT molecular complexity index is 759. The summed E-state index contributed by atoms with van der Waals surface area (Å²) in [7, 11) is 0. The largest absolute Gasteiger partial charge is 0.312 e. The molecule has 1 N–H and O–H groups in total. The standard InChI is InChI=1S/C18H19N3OS/c1-12(2)21-9-8-14-15(10-19)18(23-16(14)11-21)20-17(22)13-6-4-3-5-7-13/h3-7,12H,8-9,11H2,1-2H3,(H,20,22). The smallest absolute Gasteiger partial charge is 0.256 e. The summed E-state index contributed by atoms with van der Waals surface area (Å²) >= 11 is 1.53. The fourth-order valence-corrected chi connectivity index (χ4v) is 4.05. The van der Waals surface area contributed by atoms with Gasteiger partial charge in [0.05, 0.1) is 5.56 Å². The Labute approximate surface area is 140 Å². The Morgan fingerprint density at radius 2 is 2.09 bits per heavy atom. The van der Waals surface area contributed by atoms with Gasteiger partial charge in [0.25, 0.3) is 5.91 Å². The van der Waals surface area contributed by atoms with Crippen LogP contribution in [0.3, 0.4) is 0 Å². The molecular formula is C18H19N3OS. The number of benzene rings is 1. The molecule has 23 heavy (non-hydrogen) atoms. The van der Waals surface area contributed by atoms with Crippen LogP contribution in [0.4, 0.5) is 5.00 Å². The fraction of sp³-hybridized carbons (Fsp3) is 0.333. The molecule has 4 nitrogen and oxygen atoms in total. The first-order chi connectivity index (χ1) is 11.1. The van der Waals surface area contributed by atoms with Gasteiger partial charge in [-0.05, 0) is 38.0 Å². The lowest BCUT2D eigenvalue weighted by Gasteiger charge is -2.30. The molecular weight excluding hydrogens is 306 g/mol. The zero-order valence-corrected chi connectivity index (χ0v) is 14.1. The summed E-state index contributed by atoms with van der Waals surface area (Å²) in [5.41, 5.74) is 2.35. The molecule has 2 aromatic rings. The number of fused-ring (bicyclic) bond motifs is 1. The minimum Gasteiger partial charge on any atom is -0.312 e. The number of hydrogen-bond acceptors (Lipinski definition) is 4. The van der Waals surface area contributed by atoms with Crippen LogP contribution in [0, 0.1) is 11.3 Å². The van der Waals surface area contributed by atoms with Crippen molar-refractivity contribution in [2.24, 2.45) is 0 Å². The molecule has 5 heteroatoms. The molecule has 0 atom stereocenters. The van der Waals surface area contributed by atoms with Crippen molar-refractivity contribution in [2.75, 3.05) is 11.9 Å². The minimum atomic E-state index is -0.165. The van der Waals surface area contributed by atoms with Gasteiger partial charge in [0.1, 0.15) is 11.1 Å². The van der Waals surface area contributed by atoms with Gasteiger partial charge in [-0.15, -0.1) is 11.3 Å². The molecule has 0 fully saturated rings. The summed E-state index contributed by atoms with van der Waals surface area (Å²) < 4.78 is 0. The van der Waals surface area contributed by atoms with Crippen LogP contribution in [-0.4, -0.2) is 23.4 Å². The second-order valence-corrected chi connectivity index (χ2v) is 7.06. The van der Waals surface area contributed by atoms with Gasteiger partial charge < -0.3 is 5.32 Å². The van der Waals surface area contributed by atoms with Crippen molar-refractivity contribution in [3.05, 3.63) is 51.9 Å². The molecule has 0 radical (unpaired) electrons. The number of nitriles is 1. The quantitative estimate of drug-likeness (QED) is 0.937. The highest BCUT2D eigenvalue weighted by Crippen LogP contribution is 2.37. The third kappa shape index (κ3) is 3.14. The lowest BCUT2D eigenvalue weighted by atomic mass is 10.0. The van der Waals surface area contributed by atoms with E-state index in [1.54, 1.807) is 12.1 Å². The van der Waals surface area contributed by atoms with Crippen LogP contribution in [0.5, 0.6) is 0 Å². The van der Waals surface area contributed by atoms with Gasteiger partial charge in [-0.1, -0.05) is 18.2 Å². The van der Waals surface area contributed by atoms with Gasteiger partial charge in [-0.2, -0.15) is 5.26 Å². The second-order valence-electron chi connectivity index (χ2n) is 5.95. The van der Waals surface area contributed by atoms with Crippen LogP contribution < -0.4 is 5.32 Å². The third-order valence-electron chi connectivity index (χ3n) is 4.19. The average molecular weight is 325 g/mol. The Hall–Kier alpha value is -2.16. The number of anilines is 1. The van der Waals surface area contributed by atoms with Crippen LogP contribution in [0.15, 0.2) is 30.3 Å². The van der Waals surface area contributed by atoms with Gasteiger partial charge in [0.15, 0.2) is 0 Å². The summed E-state index contributed by atoms with van der Waals surface area (Å²) in [5.74, 6) is -0.165. The SMILES string of the molecule is CC(C)N1CCc2c(sc(NC(=O)c3ccccc3)c2C#N)C1. The zero-order valence-electron chi connectivity index (χ0n) is 13.3. The van der Waals surface area contributed by atoms with Crippen molar-refractivity contribution in [1.82, 2.24) is 4.90 Å². The van der Waals surface area contributed by atoms with Gasteiger partial charge >= 0.3 is 0 Å². The van der Waals surface area contributed by atoms with Crippen molar-refractivity contribution in [2.45, 2.75) is 32.9 Å². The highest BCUT2D eigenvalue weighted by molar-refractivity contribution is 7.16. The normalized spacial score (nSPS) is 14.3. The van der Waals surface area contributed by atoms with E-state index in [4.69, 9.17) is 0 Å². The number of nitrogens with zero attached hydrogens (tertiary/aromatic N) is 2. The molecule has 3 rings (SSSR count). The Morgan fingerprint density at radius 3 is 2.74 bits per heavy atom. The molecule has 0 saturated heterocycles. The van der Waals surface area contributed by atoms with E-state index in [0.29, 0.717) is 22.2 Å². The second kappa shape index (κ2) is 6.53. The van der Waals surface area contributed by atoms with Gasteiger partial charge in [-0.3, -0.25) is 9.69 Å². The average Bonchev–Trinajstić information content (AvgIpc) is 2.91. The fourth-order valence-electron chi connectivity index (χ4n) is 2.84. The maximum Gasteiger partial charge on any atom is 0.256 e. The van der Waals surface area contributed by atoms with Gasteiger partial charge in [-0.25, -0.2) is 0 Å². The number of hydrogen-bond donors (Lipinski definition) is 1. The first-order valence-electron chi connectivity index (χ1n) is 7.75. The lowest BCUT2D eigenvalue weighted by molar-refractivity contribution is 0.102. The number of amides is 1. The van der Waals surface area contributed by atoms with Crippen molar-refractivity contribution >= 4 is 22.2 Å². The lowest BCUT2D eigenvalue weighted by Crippen LogP contribution is -2.35. The summed E-state index contributed by atoms with van der Waals surface area (Å²) in [6.07, 6.45) is 0.869. The molecule has 0 bridgehead atoms. The third-order valence-corrected chi connectivity index (χ3v) is 5.32. The first-order valence-corrected chi connectivity index (χ1v) is 8.57. The molecule has 1 aromatic carbocycles. The topological polar surface area (TPSA) is 56.1 Å². The predicted octanol–water partition coefficient (Wildman–Crippen LogP) is 3.64. The maximum atomic E-state index is 12.3. The van der Waals surface area contributed by atoms with Gasteiger partial charge in [0, 0.05) is 29.6 Å². The Morgan fingerprint density at radius 1 is 1.35 bits per heavy atom. The summed E-state index contributed by atoms with van der Waals surface area (Å²) in [5, 5.41) is 13.1. The monoisotopic (exact) mass is 325 g/mol. The van der Waals surface area contributed by atoms with Gasteiger partial charge in [0.2, 0.25) is 0 Å². The predicted molar refractivity (Wildman–Crippen MR) is 92.7 cm³/mol. The summed E-state index contributed by atoms with van der Waals surface area (Å²) in [6.45, 7) is 6.18. The number of carbonyl (C=O) groups is 1. The van der Waals surface area contributed by atoms with Crippen LogP contribution >= 0.6 is 11.3 Å². The molecule has 1 amide bonds. The van der Waals surface area contributed by atoms with E-state index in [0.717, 1.165) is 25.1 Å². The van der Waals surface area contributed by atoms with E-state index >= 15 is 0 Å². The molecule has 1 aliphatic rings. The van der Waals surface area contributed by atoms with Crippen LogP contribution in [0.2, 0.25) is 0 Å². The highest BCUT2D eigenvalue weighted by Gasteiger charge is 2.26. The van der Waals surface area contributed by atoms with Crippen LogP contribution in [0.1, 0.15) is 40.2 Å². The summed E-state index contributed by atoms with van der Waals surface area (Å²) in [4.78, 5) is 15.9. The molecule has 1 aliphatic heterocycles. The zero-order chi connectivity index (χ0) is 16.4. The first kappa shape index (κ1) is 15.7. The number of rotatable bonds is 3. The maximum absolute atomic E-state index is 12.3. The number of carbonyl (C=O) groups excluding carboxylic acids is 1. The van der Waals surface area contributed by atoms with E-state index in [9.17, 15) is 10.1 Å². The highest BCUT2D eigenvalue weighted by atomic mass is 32.1. The molecule has 0 saturated carbocycles.